The first-order chi connectivity index (χ1) is 9.79. The molecule has 1 aromatic rings. The highest BCUT2D eigenvalue weighted by atomic mass is 15.2. The number of rotatable bonds is 2. The number of nitrogens with zero attached hydrogens (tertiary/aromatic N) is 3. The van der Waals surface area contributed by atoms with E-state index in [1.165, 1.54) is 42.5 Å². The maximum Gasteiger partial charge on any atom is 0.123 e. The Morgan fingerprint density at radius 2 is 1.90 bits per heavy atom. The van der Waals surface area contributed by atoms with Crippen molar-refractivity contribution in [2.45, 2.75) is 38.1 Å². The predicted octanol–water partition coefficient (Wildman–Crippen LogP) is 3.12. The van der Waals surface area contributed by atoms with Crippen molar-refractivity contribution in [2.75, 3.05) is 31.6 Å². The molecule has 2 aliphatic heterocycles. The van der Waals surface area contributed by atoms with Gasteiger partial charge in [0.1, 0.15) is 6.04 Å². The summed E-state index contributed by atoms with van der Waals surface area (Å²) in [6, 6.07) is 9.09. The molecule has 1 atom stereocenters. The maximum absolute atomic E-state index is 9.59. The molecule has 3 heteroatoms. The Morgan fingerprint density at radius 3 is 2.65 bits per heavy atom. The average molecular weight is 269 g/mol. The fourth-order valence-electron chi connectivity index (χ4n) is 3.52. The second kappa shape index (κ2) is 5.85. The number of aryl methyl sites for hydroxylation is 1. The molecule has 0 aromatic heterocycles. The van der Waals surface area contributed by atoms with E-state index in [4.69, 9.17) is 0 Å². The monoisotopic (exact) mass is 269 g/mol. The Balaban J connectivity index is 1.87. The molecule has 20 heavy (non-hydrogen) atoms. The molecule has 0 amide bonds. The first-order valence-electron chi connectivity index (χ1n) is 7.77. The summed E-state index contributed by atoms with van der Waals surface area (Å²) in [5.74, 6) is 0. The highest BCUT2D eigenvalue weighted by molar-refractivity contribution is 5.56. The molecule has 0 N–H and O–H groups in total. The highest BCUT2D eigenvalue weighted by Crippen LogP contribution is 2.31. The molecular weight excluding hydrogens is 246 g/mol. The van der Waals surface area contributed by atoms with Crippen molar-refractivity contribution in [1.82, 2.24) is 4.90 Å². The summed E-state index contributed by atoms with van der Waals surface area (Å²) >= 11 is 0. The van der Waals surface area contributed by atoms with Crippen molar-refractivity contribution in [3.8, 4) is 6.07 Å². The standard InChI is InChI=1S/C17H23N3/c1-19-9-5-6-14-12-15(7-8-16(14)19)17(13-18)20-10-3-2-4-11-20/h7-8,12,17H,2-6,9-11H2,1H3. The zero-order valence-corrected chi connectivity index (χ0v) is 12.3. The van der Waals surface area contributed by atoms with Crippen molar-refractivity contribution in [1.29, 1.82) is 5.26 Å². The molecule has 0 saturated carbocycles. The number of fused-ring (bicyclic) bond motifs is 1. The molecule has 0 radical (unpaired) electrons. The van der Waals surface area contributed by atoms with E-state index < -0.39 is 0 Å². The van der Waals surface area contributed by atoms with Crippen molar-refractivity contribution in [2.24, 2.45) is 0 Å². The van der Waals surface area contributed by atoms with E-state index in [1.54, 1.807) is 0 Å². The molecule has 1 aromatic carbocycles. The molecule has 0 bridgehead atoms. The smallest absolute Gasteiger partial charge is 0.123 e. The van der Waals surface area contributed by atoms with Crippen molar-refractivity contribution in [3.05, 3.63) is 29.3 Å². The molecule has 1 fully saturated rings. The van der Waals surface area contributed by atoms with Crippen LogP contribution in [0.25, 0.3) is 0 Å². The number of anilines is 1. The summed E-state index contributed by atoms with van der Waals surface area (Å²) in [6.45, 7) is 3.27. The topological polar surface area (TPSA) is 30.3 Å². The quantitative estimate of drug-likeness (QED) is 0.826. The Morgan fingerprint density at radius 1 is 1.10 bits per heavy atom. The number of benzene rings is 1. The number of hydrogen-bond donors (Lipinski definition) is 0. The van der Waals surface area contributed by atoms with Gasteiger partial charge in [0, 0.05) is 19.3 Å². The molecule has 3 rings (SSSR count). The second-order valence-corrected chi connectivity index (χ2v) is 6.04. The molecule has 2 aliphatic rings. The highest BCUT2D eigenvalue weighted by Gasteiger charge is 2.23. The van der Waals surface area contributed by atoms with Gasteiger partial charge in [0.2, 0.25) is 0 Å². The van der Waals surface area contributed by atoms with Crippen LogP contribution in [-0.2, 0) is 6.42 Å². The van der Waals surface area contributed by atoms with Gasteiger partial charge in [0.05, 0.1) is 6.07 Å². The van der Waals surface area contributed by atoms with Gasteiger partial charge in [0.15, 0.2) is 0 Å². The third-order valence-electron chi connectivity index (χ3n) is 4.65. The molecular formula is C17H23N3. The lowest BCUT2D eigenvalue weighted by Gasteiger charge is -2.32. The predicted molar refractivity (Wildman–Crippen MR) is 81.8 cm³/mol. The Bertz CT molecular complexity index is 511. The minimum Gasteiger partial charge on any atom is -0.374 e. The van der Waals surface area contributed by atoms with Gasteiger partial charge < -0.3 is 4.90 Å². The lowest BCUT2D eigenvalue weighted by molar-refractivity contribution is 0.196. The SMILES string of the molecule is CN1CCCc2cc(C(C#N)N3CCCCC3)ccc21. The summed E-state index contributed by atoms with van der Waals surface area (Å²) in [6.07, 6.45) is 6.13. The van der Waals surface area contributed by atoms with E-state index in [0.717, 1.165) is 26.1 Å². The summed E-state index contributed by atoms with van der Waals surface area (Å²) < 4.78 is 0. The van der Waals surface area contributed by atoms with Crippen molar-refractivity contribution in [3.63, 3.8) is 0 Å². The number of nitriles is 1. The van der Waals surface area contributed by atoms with Crippen LogP contribution in [0.5, 0.6) is 0 Å². The van der Waals surface area contributed by atoms with Gasteiger partial charge in [-0.1, -0.05) is 18.6 Å². The lowest BCUT2D eigenvalue weighted by Crippen LogP contribution is -2.33. The van der Waals surface area contributed by atoms with Crippen LogP contribution in [-0.4, -0.2) is 31.6 Å². The normalized spacial score (nSPS) is 21.1. The zero-order valence-electron chi connectivity index (χ0n) is 12.3. The fourth-order valence-corrected chi connectivity index (χ4v) is 3.52. The van der Waals surface area contributed by atoms with E-state index >= 15 is 0 Å². The summed E-state index contributed by atoms with van der Waals surface area (Å²) in [4.78, 5) is 4.67. The van der Waals surface area contributed by atoms with Gasteiger partial charge in [-0.2, -0.15) is 5.26 Å². The molecule has 1 saturated heterocycles. The van der Waals surface area contributed by atoms with Crippen LogP contribution in [0.1, 0.15) is 42.9 Å². The number of likely N-dealkylation sites (tertiary alicyclic amines) is 1. The zero-order chi connectivity index (χ0) is 13.9. The number of hydrogen-bond acceptors (Lipinski definition) is 3. The van der Waals surface area contributed by atoms with E-state index in [-0.39, 0.29) is 6.04 Å². The van der Waals surface area contributed by atoms with Gasteiger partial charge in [-0.15, -0.1) is 0 Å². The third-order valence-corrected chi connectivity index (χ3v) is 4.65. The van der Waals surface area contributed by atoms with Crippen LogP contribution in [0.2, 0.25) is 0 Å². The van der Waals surface area contributed by atoms with E-state index in [0.29, 0.717) is 0 Å². The molecule has 0 aliphatic carbocycles. The van der Waals surface area contributed by atoms with Crippen LogP contribution in [0.15, 0.2) is 18.2 Å². The summed E-state index contributed by atoms with van der Waals surface area (Å²) in [5.41, 5.74) is 3.94. The minimum absolute atomic E-state index is 0.0622. The van der Waals surface area contributed by atoms with Crippen LogP contribution in [0, 0.1) is 11.3 Å². The minimum atomic E-state index is -0.0622. The van der Waals surface area contributed by atoms with Gasteiger partial charge in [-0.3, -0.25) is 4.90 Å². The van der Waals surface area contributed by atoms with Crippen LogP contribution in [0.3, 0.4) is 0 Å². The first kappa shape index (κ1) is 13.5. The molecule has 3 nitrogen and oxygen atoms in total. The van der Waals surface area contributed by atoms with Crippen LogP contribution >= 0.6 is 0 Å². The lowest BCUT2D eigenvalue weighted by atomic mass is 9.95. The molecule has 2 heterocycles. The van der Waals surface area contributed by atoms with Gasteiger partial charge in [-0.05, 0) is 56.0 Å². The molecule has 0 spiro atoms. The van der Waals surface area contributed by atoms with E-state index in [1.807, 2.05) is 0 Å². The average Bonchev–Trinajstić information content (AvgIpc) is 2.49. The first-order valence-corrected chi connectivity index (χ1v) is 7.77. The van der Waals surface area contributed by atoms with E-state index in [2.05, 4.69) is 41.1 Å². The Labute approximate surface area is 121 Å². The molecule has 106 valence electrons. The summed E-state index contributed by atoms with van der Waals surface area (Å²) in [5, 5.41) is 9.59. The largest absolute Gasteiger partial charge is 0.374 e. The third kappa shape index (κ3) is 2.53. The second-order valence-electron chi connectivity index (χ2n) is 6.04. The number of piperidine rings is 1. The van der Waals surface area contributed by atoms with Crippen molar-refractivity contribution < 1.29 is 0 Å². The Kier molecular flexibility index (Phi) is 3.93. The molecule has 1 unspecified atom stereocenters. The van der Waals surface area contributed by atoms with Crippen LogP contribution < -0.4 is 4.90 Å². The summed E-state index contributed by atoms with van der Waals surface area (Å²) in [7, 11) is 2.16. The van der Waals surface area contributed by atoms with Gasteiger partial charge in [0.25, 0.3) is 0 Å². The van der Waals surface area contributed by atoms with Crippen LogP contribution in [0.4, 0.5) is 5.69 Å². The maximum atomic E-state index is 9.59. The fraction of sp³-hybridized carbons (Fsp3) is 0.588. The van der Waals surface area contributed by atoms with Gasteiger partial charge in [-0.25, -0.2) is 0 Å². The van der Waals surface area contributed by atoms with Crippen molar-refractivity contribution >= 4 is 5.69 Å². The Hall–Kier alpha value is -1.53. The van der Waals surface area contributed by atoms with Gasteiger partial charge >= 0.3 is 0 Å². The van der Waals surface area contributed by atoms with E-state index in [9.17, 15) is 5.26 Å².